The topological polar surface area (TPSA) is 79.7 Å². The van der Waals surface area contributed by atoms with Crippen LogP contribution in [-0.4, -0.2) is 28.9 Å². The fourth-order valence-corrected chi connectivity index (χ4v) is 3.49. The van der Waals surface area contributed by atoms with Crippen molar-refractivity contribution in [2.45, 2.75) is 6.04 Å². The van der Waals surface area contributed by atoms with Crippen molar-refractivity contribution >= 4 is 23.1 Å². The number of amides is 1. The molecule has 2 heterocycles. The average molecular weight is 404 g/mol. The largest absolute Gasteiger partial charge is 0.507 e. The van der Waals surface area contributed by atoms with Gasteiger partial charge in [-0.05, 0) is 48.0 Å². The number of aromatic nitrogens is 1. The molecule has 0 saturated carbocycles. The fourth-order valence-electron chi connectivity index (χ4n) is 3.49. The summed E-state index contributed by atoms with van der Waals surface area (Å²) in [5.74, 6) is -1.98. The first-order valence-corrected chi connectivity index (χ1v) is 9.12. The molecule has 0 spiro atoms. The Morgan fingerprint density at radius 2 is 1.77 bits per heavy atom. The molecule has 1 aromatic heterocycles. The zero-order chi connectivity index (χ0) is 21.3. The molecule has 1 saturated heterocycles. The Morgan fingerprint density at radius 3 is 2.40 bits per heavy atom. The van der Waals surface area contributed by atoms with E-state index in [1.165, 1.54) is 60.8 Å². The first-order valence-electron chi connectivity index (χ1n) is 9.12. The van der Waals surface area contributed by atoms with Crippen LogP contribution in [0.3, 0.4) is 0 Å². The Morgan fingerprint density at radius 1 is 1.07 bits per heavy atom. The van der Waals surface area contributed by atoms with Crippen molar-refractivity contribution in [3.8, 4) is 5.75 Å². The molecule has 1 N–H and O–H groups in total. The number of hydrogen-bond donors (Lipinski definition) is 1. The molecule has 4 rings (SSSR count). The minimum atomic E-state index is -0.939. The van der Waals surface area contributed by atoms with Crippen LogP contribution in [0.25, 0.3) is 5.76 Å². The first kappa shape index (κ1) is 19.3. The third-order valence-corrected chi connectivity index (χ3v) is 4.92. The summed E-state index contributed by atoms with van der Waals surface area (Å²) in [6.45, 7) is 0. The SMILES string of the molecule is COc1ccc(C2/C(=C(\O)c3ccncc3)C(=O)C(=O)N2c2cccc(F)c2)cc1. The minimum Gasteiger partial charge on any atom is -0.507 e. The molecule has 0 radical (unpaired) electrons. The van der Waals surface area contributed by atoms with Crippen molar-refractivity contribution in [3.63, 3.8) is 0 Å². The van der Waals surface area contributed by atoms with E-state index in [2.05, 4.69) is 4.98 Å². The van der Waals surface area contributed by atoms with Crippen molar-refractivity contribution in [2.24, 2.45) is 0 Å². The summed E-state index contributed by atoms with van der Waals surface area (Å²) in [5, 5.41) is 10.9. The van der Waals surface area contributed by atoms with E-state index in [9.17, 15) is 19.1 Å². The van der Waals surface area contributed by atoms with Gasteiger partial charge in [0.1, 0.15) is 17.3 Å². The normalized spacial score (nSPS) is 17.9. The molecule has 30 heavy (non-hydrogen) atoms. The van der Waals surface area contributed by atoms with Gasteiger partial charge in [-0.15, -0.1) is 0 Å². The molecule has 1 unspecified atom stereocenters. The highest BCUT2D eigenvalue weighted by molar-refractivity contribution is 6.51. The van der Waals surface area contributed by atoms with Crippen molar-refractivity contribution in [1.29, 1.82) is 0 Å². The maximum absolute atomic E-state index is 13.9. The number of ether oxygens (including phenoxy) is 1. The highest BCUT2D eigenvalue weighted by atomic mass is 19.1. The molecule has 2 aromatic carbocycles. The van der Waals surface area contributed by atoms with E-state index in [-0.39, 0.29) is 17.0 Å². The van der Waals surface area contributed by atoms with Crippen LogP contribution in [-0.2, 0) is 9.59 Å². The number of benzene rings is 2. The number of carbonyl (C=O) groups is 2. The second-order valence-electron chi connectivity index (χ2n) is 6.66. The summed E-state index contributed by atoms with van der Waals surface area (Å²) in [4.78, 5) is 31.0. The van der Waals surface area contributed by atoms with Gasteiger partial charge in [-0.1, -0.05) is 18.2 Å². The Balaban J connectivity index is 1.94. The zero-order valence-corrected chi connectivity index (χ0v) is 15.9. The molecule has 3 aromatic rings. The Bertz CT molecular complexity index is 1140. The number of methoxy groups -OCH3 is 1. The molecule has 150 valence electrons. The smallest absolute Gasteiger partial charge is 0.300 e. The molecular weight excluding hydrogens is 387 g/mol. The third-order valence-electron chi connectivity index (χ3n) is 4.92. The van der Waals surface area contributed by atoms with Gasteiger partial charge >= 0.3 is 0 Å². The number of ketones is 1. The van der Waals surface area contributed by atoms with Crippen LogP contribution in [0.5, 0.6) is 5.75 Å². The molecule has 0 aliphatic carbocycles. The summed E-state index contributed by atoms with van der Waals surface area (Å²) in [7, 11) is 1.53. The lowest BCUT2D eigenvalue weighted by Gasteiger charge is -2.25. The summed E-state index contributed by atoms with van der Waals surface area (Å²) < 4.78 is 19.1. The molecule has 6 nitrogen and oxygen atoms in total. The summed E-state index contributed by atoms with van der Waals surface area (Å²) >= 11 is 0. The van der Waals surface area contributed by atoms with E-state index >= 15 is 0 Å². The molecule has 1 aliphatic heterocycles. The van der Waals surface area contributed by atoms with Crippen LogP contribution in [0.1, 0.15) is 17.2 Å². The number of Topliss-reactive ketones (excluding diaryl/α,β-unsaturated/α-hetero) is 1. The number of pyridine rings is 1. The maximum atomic E-state index is 13.9. The number of rotatable bonds is 4. The van der Waals surface area contributed by atoms with Crippen molar-refractivity contribution in [3.05, 3.63) is 95.6 Å². The van der Waals surface area contributed by atoms with E-state index in [1.807, 2.05) is 0 Å². The molecule has 1 aliphatic rings. The van der Waals surface area contributed by atoms with Crippen LogP contribution >= 0.6 is 0 Å². The van der Waals surface area contributed by atoms with E-state index in [4.69, 9.17) is 4.74 Å². The second-order valence-corrected chi connectivity index (χ2v) is 6.66. The first-order chi connectivity index (χ1) is 14.5. The minimum absolute atomic E-state index is 0.0828. The van der Waals surface area contributed by atoms with Crippen LogP contribution < -0.4 is 9.64 Å². The van der Waals surface area contributed by atoms with Crippen molar-refractivity contribution in [2.75, 3.05) is 12.0 Å². The van der Waals surface area contributed by atoms with Crippen LogP contribution in [0.2, 0.25) is 0 Å². The summed E-state index contributed by atoms with van der Waals surface area (Å²) in [5.41, 5.74) is 1.04. The molecule has 1 fully saturated rings. The van der Waals surface area contributed by atoms with Gasteiger partial charge in [0.2, 0.25) is 0 Å². The number of aliphatic hydroxyl groups is 1. The second kappa shape index (κ2) is 7.79. The predicted octanol–water partition coefficient (Wildman–Crippen LogP) is 3.86. The van der Waals surface area contributed by atoms with Gasteiger partial charge in [0.25, 0.3) is 11.7 Å². The lowest BCUT2D eigenvalue weighted by molar-refractivity contribution is -0.132. The van der Waals surface area contributed by atoms with E-state index < -0.39 is 23.5 Å². The third kappa shape index (κ3) is 3.30. The number of halogens is 1. The number of carbonyl (C=O) groups excluding carboxylic acids is 2. The van der Waals surface area contributed by atoms with Crippen molar-refractivity contribution < 1.29 is 23.8 Å². The van der Waals surface area contributed by atoms with Gasteiger partial charge in [-0.2, -0.15) is 0 Å². The highest BCUT2D eigenvalue weighted by Gasteiger charge is 2.47. The van der Waals surface area contributed by atoms with Gasteiger partial charge in [0.15, 0.2) is 0 Å². The Labute approximate surface area is 171 Å². The van der Waals surface area contributed by atoms with Gasteiger partial charge in [0, 0.05) is 23.6 Å². The number of aliphatic hydroxyl groups excluding tert-OH is 1. The van der Waals surface area contributed by atoms with E-state index in [0.29, 0.717) is 16.9 Å². The molecule has 7 heteroatoms. The Hall–Kier alpha value is -4.00. The molecule has 1 amide bonds. The molecular formula is C23H17FN2O4. The molecule has 1 atom stereocenters. The van der Waals surface area contributed by atoms with Crippen molar-refractivity contribution in [1.82, 2.24) is 4.98 Å². The Kier molecular flexibility index (Phi) is 5.02. The summed E-state index contributed by atoms with van der Waals surface area (Å²) in [6.07, 6.45) is 2.94. The lowest BCUT2D eigenvalue weighted by Crippen LogP contribution is -2.29. The van der Waals surface area contributed by atoms with Gasteiger partial charge < -0.3 is 9.84 Å². The monoisotopic (exact) mass is 404 g/mol. The molecule has 0 bridgehead atoms. The number of anilines is 1. The van der Waals surface area contributed by atoms with E-state index in [0.717, 1.165) is 0 Å². The standard InChI is InChI=1S/C23H17FN2O4/c1-30-18-7-5-14(6-8-18)20-19(21(27)15-9-11-25-12-10-15)22(28)23(29)26(20)17-4-2-3-16(24)13-17/h2-13,20,27H,1H3/b21-19+. The van der Waals surface area contributed by atoms with Gasteiger partial charge in [-0.3, -0.25) is 19.5 Å². The van der Waals surface area contributed by atoms with Gasteiger partial charge in [-0.25, -0.2) is 4.39 Å². The lowest BCUT2D eigenvalue weighted by atomic mass is 9.95. The average Bonchev–Trinajstić information content (AvgIpc) is 3.04. The van der Waals surface area contributed by atoms with Crippen LogP contribution in [0.4, 0.5) is 10.1 Å². The highest BCUT2D eigenvalue weighted by Crippen LogP contribution is 2.42. The zero-order valence-electron chi connectivity index (χ0n) is 15.9. The maximum Gasteiger partial charge on any atom is 0.300 e. The summed E-state index contributed by atoms with van der Waals surface area (Å²) in [6, 6.07) is 14.3. The fraction of sp³-hybridized carbons (Fsp3) is 0.0870. The quantitative estimate of drug-likeness (QED) is 0.406. The van der Waals surface area contributed by atoms with E-state index in [1.54, 1.807) is 24.3 Å². The predicted molar refractivity (Wildman–Crippen MR) is 108 cm³/mol. The van der Waals surface area contributed by atoms with Gasteiger partial charge in [0.05, 0.1) is 18.7 Å². The van der Waals surface area contributed by atoms with Crippen LogP contribution in [0.15, 0.2) is 78.6 Å². The number of nitrogens with zero attached hydrogens (tertiary/aromatic N) is 2. The number of hydrogen-bond acceptors (Lipinski definition) is 5. The van der Waals surface area contributed by atoms with Crippen LogP contribution in [0, 0.1) is 5.82 Å².